The van der Waals surface area contributed by atoms with Gasteiger partial charge in [-0.2, -0.15) is 0 Å². The molecule has 3 amide bonds. The number of amides is 3. The summed E-state index contributed by atoms with van der Waals surface area (Å²) in [5.74, 6) is -0.866. The Hall–Kier alpha value is -3.32. The largest absolute Gasteiger partial charge is 0.366 e. The van der Waals surface area contributed by atoms with Gasteiger partial charge in [-0.15, -0.1) is 0 Å². The summed E-state index contributed by atoms with van der Waals surface area (Å²) in [6.45, 7) is 8.05. The standard InChI is InChI=1S/C26H27N3O3S/c1-16-6-9-19(10-7-16)27-23(30)15-29-24(31)22(33-25(29)32)13-18-8-11-21-20(12-18)17(2)14-26(3,4)28(21)5/h6-14H,15H2,1-5H3,(H,27,30)/b22-13+. The van der Waals surface area contributed by atoms with Crippen LogP contribution in [0.3, 0.4) is 0 Å². The number of hydrogen-bond acceptors (Lipinski definition) is 5. The number of anilines is 2. The zero-order chi connectivity index (χ0) is 23.9. The highest BCUT2D eigenvalue weighted by molar-refractivity contribution is 8.18. The lowest BCUT2D eigenvalue weighted by Gasteiger charge is -2.40. The van der Waals surface area contributed by atoms with Gasteiger partial charge in [-0.3, -0.25) is 19.3 Å². The van der Waals surface area contributed by atoms with Gasteiger partial charge in [0.25, 0.3) is 11.1 Å². The summed E-state index contributed by atoms with van der Waals surface area (Å²) in [6, 6.07) is 13.4. The van der Waals surface area contributed by atoms with Gasteiger partial charge in [-0.1, -0.05) is 29.8 Å². The second kappa shape index (κ2) is 8.56. The molecule has 1 fully saturated rings. The highest BCUT2D eigenvalue weighted by atomic mass is 32.2. The van der Waals surface area contributed by atoms with Crippen LogP contribution in [-0.4, -0.2) is 41.1 Å². The molecule has 2 aliphatic rings. The number of likely N-dealkylation sites (N-methyl/N-ethyl adjacent to an activating group) is 1. The predicted octanol–water partition coefficient (Wildman–Crippen LogP) is 5.30. The van der Waals surface area contributed by atoms with Crippen LogP contribution in [0.4, 0.5) is 16.2 Å². The van der Waals surface area contributed by atoms with Crippen molar-refractivity contribution in [2.24, 2.45) is 0 Å². The molecule has 6 nitrogen and oxygen atoms in total. The van der Waals surface area contributed by atoms with Gasteiger partial charge >= 0.3 is 0 Å². The number of rotatable bonds is 4. The first kappa shape index (κ1) is 22.9. The van der Waals surface area contributed by atoms with Crippen LogP contribution in [0.25, 0.3) is 11.6 Å². The third-order valence-corrected chi connectivity index (χ3v) is 6.96. The molecule has 7 heteroatoms. The monoisotopic (exact) mass is 461 g/mol. The molecule has 170 valence electrons. The molecule has 2 aromatic rings. The fraction of sp³-hybridized carbons (Fsp3) is 0.269. The molecule has 0 spiro atoms. The van der Waals surface area contributed by atoms with Gasteiger partial charge in [-0.05, 0) is 80.9 Å². The lowest BCUT2D eigenvalue weighted by Crippen LogP contribution is -2.42. The second-order valence-corrected chi connectivity index (χ2v) is 9.99. The van der Waals surface area contributed by atoms with E-state index < -0.39 is 17.1 Å². The average molecular weight is 462 g/mol. The minimum atomic E-state index is -0.452. The summed E-state index contributed by atoms with van der Waals surface area (Å²) in [4.78, 5) is 41.2. The van der Waals surface area contributed by atoms with Gasteiger partial charge in [-0.25, -0.2) is 0 Å². The molecular formula is C26H27N3O3S. The smallest absolute Gasteiger partial charge is 0.294 e. The number of fused-ring (bicyclic) bond motifs is 1. The molecule has 0 aromatic heterocycles. The number of imide groups is 1. The zero-order valence-corrected chi connectivity index (χ0v) is 20.2. The number of hydrogen-bond donors (Lipinski definition) is 1. The average Bonchev–Trinajstić information content (AvgIpc) is 3.01. The number of nitrogens with one attached hydrogen (secondary N) is 1. The number of allylic oxidation sites excluding steroid dienone is 1. The van der Waals surface area contributed by atoms with Gasteiger partial charge in [0.2, 0.25) is 5.91 Å². The zero-order valence-electron chi connectivity index (χ0n) is 19.4. The lowest BCUT2D eigenvalue weighted by atomic mass is 9.88. The first-order valence-corrected chi connectivity index (χ1v) is 11.6. The van der Waals surface area contributed by atoms with Crippen LogP contribution >= 0.6 is 11.8 Å². The maximum absolute atomic E-state index is 12.9. The van der Waals surface area contributed by atoms with E-state index in [9.17, 15) is 14.4 Å². The highest BCUT2D eigenvalue weighted by Gasteiger charge is 2.36. The van der Waals surface area contributed by atoms with E-state index in [0.717, 1.165) is 39.0 Å². The van der Waals surface area contributed by atoms with Crippen LogP contribution in [0.2, 0.25) is 0 Å². The first-order valence-electron chi connectivity index (χ1n) is 10.7. The topological polar surface area (TPSA) is 69.7 Å². The van der Waals surface area contributed by atoms with Crippen molar-refractivity contribution >= 4 is 51.8 Å². The summed E-state index contributed by atoms with van der Waals surface area (Å²) in [5, 5.41) is 2.28. The van der Waals surface area contributed by atoms with E-state index >= 15 is 0 Å². The number of nitrogens with zero attached hydrogens (tertiary/aromatic N) is 2. The van der Waals surface area contributed by atoms with Crippen LogP contribution in [0.5, 0.6) is 0 Å². The highest BCUT2D eigenvalue weighted by Crippen LogP contribution is 2.39. The molecule has 0 atom stereocenters. The van der Waals surface area contributed by atoms with Crippen molar-refractivity contribution in [1.82, 2.24) is 4.90 Å². The SMILES string of the molecule is CC1=CC(C)(C)N(C)c2ccc(/C=C3/SC(=O)N(CC(=O)Nc4ccc(C)cc4)C3=O)cc21. The molecule has 33 heavy (non-hydrogen) atoms. The molecule has 4 rings (SSSR count). The molecule has 0 unspecified atom stereocenters. The van der Waals surface area contributed by atoms with Crippen LogP contribution in [0.1, 0.15) is 37.5 Å². The molecule has 1 N–H and O–H groups in total. The Morgan fingerprint density at radius 2 is 1.79 bits per heavy atom. The summed E-state index contributed by atoms with van der Waals surface area (Å²) >= 11 is 0.859. The fourth-order valence-corrected chi connectivity index (χ4v) is 4.87. The van der Waals surface area contributed by atoms with Crippen LogP contribution in [-0.2, 0) is 9.59 Å². The van der Waals surface area contributed by atoms with Crippen molar-refractivity contribution in [3.05, 3.63) is 70.1 Å². The second-order valence-electron chi connectivity index (χ2n) is 9.00. The molecule has 0 radical (unpaired) electrons. The lowest BCUT2D eigenvalue weighted by molar-refractivity contribution is -0.127. The Morgan fingerprint density at radius 3 is 2.48 bits per heavy atom. The Balaban J connectivity index is 1.51. The molecule has 2 heterocycles. The molecule has 0 bridgehead atoms. The summed E-state index contributed by atoms with van der Waals surface area (Å²) in [6.07, 6.45) is 3.94. The van der Waals surface area contributed by atoms with Crippen molar-refractivity contribution < 1.29 is 14.4 Å². The maximum Gasteiger partial charge on any atom is 0.294 e. The number of benzene rings is 2. The maximum atomic E-state index is 12.9. The van der Waals surface area contributed by atoms with Crippen LogP contribution < -0.4 is 10.2 Å². The van der Waals surface area contributed by atoms with Crippen LogP contribution in [0, 0.1) is 6.92 Å². The summed E-state index contributed by atoms with van der Waals surface area (Å²) in [5.41, 5.74) is 5.85. The molecule has 2 aliphatic heterocycles. The van der Waals surface area contributed by atoms with Crippen molar-refractivity contribution in [3.8, 4) is 0 Å². The van der Waals surface area contributed by atoms with E-state index in [1.165, 1.54) is 5.57 Å². The summed E-state index contributed by atoms with van der Waals surface area (Å²) < 4.78 is 0. The molecule has 2 aromatic carbocycles. The third kappa shape index (κ3) is 4.59. The molecule has 0 saturated carbocycles. The Kier molecular flexibility index (Phi) is 5.93. The number of carbonyl (C=O) groups is 3. The fourth-order valence-electron chi connectivity index (χ4n) is 4.04. The first-order chi connectivity index (χ1) is 15.5. The van der Waals surface area contributed by atoms with Gasteiger partial charge in [0, 0.05) is 24.0 Å². The van der Waals surface area contributed by atoms with Crippen molar-refractivity contribution in [1.29, 1.82) is 0 Å². The molecular weight excluding hydrogens is 434 g/mol. The van der Waals surface area contributed by atoms with Crippen molar-refractivity contribution in [2.45, 2.75) is 33.2 Å². The van der Waals surface area contributed by atoms with Crippen LogP contribution in [0.15, 0.2) is 53.4 Å². The summed E-state index contributed by atoms with van der Waals surface area (Å²) in [7, 11) is 2.06. The number of aryl methyl sites for hydroxylation is 1. The van der Waals surface area contributed by atoms with Crippen molar-refractivity contribution in [2.75, 3.05) is 23.8 Å². The minimum Gasteiger partial charge on any atom is -0.366 e. The van der Waals surface area contributed by atoms with Gasteiger partial charge in [0.1, 0.15) is 6.54 Å². The van der Waals surface area contributed by atoms with E-state index in [1.54, 1.807) is 18.2 Å². The van der Waals surface area contributed by atoms with Crippen molar-refractivity contribution in [3.63, 3.8) is 0 Å². The molecule has 0 aliphatic carbocycles. The van der Waals surface area contributed by atoms with E-state index in [0.29, 0.717) is 10.6 Å². The quantitative estimate of drug-likeness (QED) is 0.626. The molecule has 1 saturated heterocycles. The van der Waals surface area contributed by atoms with Gasteiger partial charge in [0.05, 0.1) is 10.4 Å². The predicted molar refractivity (Wildman–Crippen MR) is 135 cm³/mol. The van der Waals surface area contributed by atoms with E-state index in [2.05, 4.69) is 44.1 Å². The Morgan fingerprint density at radius 1 is 1.09 bits per heavy atom. The van der Waals surface area contributed by atoms with E-state index in [4.69, 9.17) is 0 Å². The number of carbonyl (C=O) groups excluding carboxylic acids is 3. The Labute approximate surface area is 198 Å². The van der Waals surface area contributed by atoms with Gasteiger partial charge < -0.3 is 10.2 Å². The Bertz CT molecular complexity index is 1210. The normalized spacial score (nSPS) is 18.5. The van der Waals surface area contributed by atoms with E-state index in [1.807, 2.05) is 37.3 Å². The van der Waals surface area contributed by atoms with Gasteiger partial charge in [0.15, 0.2) is 0 Å². The number of thioether (sulfide) groups is 1. The third-order valence-electron chi connectivity index (χ3n) is 6.05. The van der Waals surface area contributed by atoms with E-state index in [-0.39, 0.29) is 12.1 Å². The minimum absolute atomic E-state index is 0.0829.